The number of fused-ring (bicyclic) bond motifs is 2. The van der Waals surface area contributed by atoms with Crippen molar-refractivity contribution in [1.82, 2.24) is 14.5 Å². The van der Waals surface area contributed by atoms with E-state index in [1.807, 2.05) is 18.2 Å². The molecule has 0 saturated heterocycles. The second kappa shape index (κ2) is 19.3. The molecule has 3 heterocycles. The van der Waals surface area contributed by atoms with E-state index in [0.29, 0.717) is 23.7 Å². The average molecular weight is 1050 g/mol. The van der Waals surface area contributed by atoms with Crippen LogP contribution in [0.5, 0.6) is 0 Å². The SMILES string of the molecule is CC(C)Cc1cc(-c2[c-]cccc2)nc[c]1[Ge]([CH3])([CH3])[CH3].CC(C)c1ccc2s[c-]c(-c3nc4ccccc4n3-c3c(C(C)C)cc(-c4ccccc4)cc3C(C)C)c2c1.[Ir]. The number of imidazole rings is 1. The molecule has 0 bridgehead atoms. The van der Waals surface area contributed by atoms with Crippen LogP contribution >= 0.6 is 11.3 Å². The number of aromatic nitrogens is 3. The second-order valence-corrected chi connectivity index (χ2v) is 29.7. The van der Waals surface area contributed by atoms with Crippen molar-refractivity contribution in [2.45, 2.75) is 96.8 Å². The Morgan fingerprint density at radius 1 is 0.700 bits per heavy atom. The third-order valence-electron chi connectivity index (χ3n) is 11.1. The minimum absolute atomic E-state index is 0. The van der Waals surface area contributed by atoms with Gasteiger partial charge in [-0.05, 0) is 64.3 Å². The topological polar surface area (TPSA) is 30.7 Å². The van der Waals surface area contributed by atoms with Crippen molar-refractivity contribution >= 4 is 50.1 Å². The van der Waals surface area contributed by atoms with E-state index in [0.717, 1.165) is 40.1 Å². The summed E-state index contributed by atoms with van der Waals surface area (Å²) in [7, 11) is 0. The van der Waals surface area contributed by atoms with Gasteiger partial charge in [-0.25, -0.2) is 0 Å². The zero-order chi connectivity index (χ0) is 42.0. The first-order chi connectivity index (χ1) is 28.2. The number of pyridine rings is 1. The average Bonchev–Trinajstić information content (AvgIpc) is 3.81. The Hall–Kier alpha value is -4.13. The van der Waals surface area contributed by atoms with E-state index in [1.165, 1.54) is 49.2 Å². The summed E-state index contributed by atoms with van der Waals surface area (Å²) in [6, 6.07) is 44.6. The summed E-state index contributed by atoms with van der Waals surface area (Å²) in [5.74, 6) is 10.1. The Morgan fingerprint density at radius 2 is 1.37 bits per heavy atom. The molecule has 0 atom stereocenters. The Bertz CT molecular complexity index is 2660. The fourth-order valence-electron chi connectivity index (χ4n) is 8.04. The molecule has 1 radical (unpaired) electrons. The van der Waals surface area contributed by atoms with Crippen LogP contribution in [0.3, 0.4) is 0 Å². The van der Waals surface area contributed by atoms with Gasteiger partial charge in [-0.2, -0.15) is 0 Å². The predicted molar refractivity (Wildman–Crippen MR) is 258 cm³/mol. The first-order valence-electron chi connectivity index (χ1n) is 21.3. The molecule has 6 heteroatoms. The van der Waals surface area contributed by atoms with Crippen LogP contribution in [0.25, 0.3) is 60.6 Å². The fourth-order valence-corrected chi connectivity index (χ4v) is 12.2. The Balaban J connectivity index is 0.000000243. The number of para-hydroxylation sites is 2. The molecule has 0 aliphatic carbocycles. The molecule has 311 valence electrons. The third kappa shape index (κ3) is 9.81. The number of hydrogen-bond acceptors (Lipinski definition) is 3. The second-order valence-electron chi connectivity index (χ2n) is 18.3. The fraction of sp³-hybridized carbons (Fsp3) is 0.296. The molecule has 8 rings (SSSR count). The Morgan fingerprint density at radius 3 is 1.98 bits per heavy atom. The van der Waals surface area contributed by atoms with E-state index in [-0.39, 0.29) is 20.1 Å². The summed E-state index contributed by atoms with van der Waals surface area (Å²) in [5, 5.41) is 4.90. The standard InChI is InChI=1S/C36H35N2S.C18H24GeN.Ir/c1-22(2)26-16-17-34-30(18-26)31(21-39-34)36-37-32-14-10-11-15-33(32)38(36)35-28(23(3)4)19-27(20-29(35)24(5)6)25-12-8-7-9-13-25;1-14(2)11-16-12-18(15-9-7-6-8-10-15)20-13-17(16)19(3,4)5;/h7-20,22-24H,1-6H3;6-9,12-14H,11H2,1-5H3;/q2*-1;. The molecule has 0 spiro atoms. The molecular formula is C54H59GeIrN3S-2. The summed E-state index contributed by atoms with van der Waals surface area (Å²) in [6.07, 6.45) is 3.27. The first-order valence-corrected chi connectivity index (χ1v) is 29.5. The van der Waals surface area contributed by atoms with E-state index in [9.17, 15) is 0 Å². The van der Waals surface area contributed by atoms with Crippen molar-refractivity contribution in [3.63, 3.8) is 0 Å². The molecule has 5 aromatic carbocycles. The van der Waals surface area contributed by atoms with E-state index < -0.39 is 13.3 Å². The van der Waals surface area contributed by atoms with Gasteiger partial charge in [0.25, 0.3) is 0 Å². The van der Waals surface area contributed by atoms with E-state index >= 15 is 0 Å². The van der Waals surface area contributed by atoms with Crippen molar-refractivity contribution < 1.29 is 20.1 Å². The summed E-state index contributed by atoms with van der Waals surface area (Å²) < 4.78 is 5.22. The molecule has 0 unspecified atom stereocenters. The Kier molecular flexibility index (Phi) is 14.6. The first kappa shape index (κ1) is 45.4. The quantitative estimate of drug-likeness (QED) is 0.101. The van der Waals surface area contributed by atoms with Crippen molar-refractivity contribution in [3.05, 3.63) is 155 Å². The molecule has 0 aliphatic rings. The zero-order valence-electron chi connectivity index (χ0n) is 37.1. The van der Waals surface area contributed by atoms with Crippen LogP contribution in [-0.4, -0.2) is 27.8 Å². The van der Waals surface area contributed by atoms with Crippen molar-refractivity contribution in [3.8, 4) is 39.5 Å². The number of thiophene rings is 1. The van der Waals surface area contributed by atoms with Gasteiger partial charge in [0.2, 0.25) is 0 Å². The third-order valence-corrected chi connectivity index (χ3v) is 16.4. The van der Waals surface area contributed by atoms with E-state index in [4.69, 9.17) is 9.97 Å². The Labute approximate surface area is 379 Å². The molecule has 0 fully saturated rings. The molecule has 8 aromatic rings. The summed E-state index contributed by atoms with van der Waals surface area (Å²) in [6.45, 7) is 18.3. The predicted octanol–water partition coefficient (Wildman–Crippen LogP) is 15.0. The number of nitrogens with zero attached hydrogens (tertiary/aromatic N) is 3. The summed E-state index contributed by atoms with van der Waals surface area (Å²) >= 11 is -0.173. The number of hydrogen-bond donors (Lipinski definition) is 0. The largest absolute Gasteiger partial charge is 0.333 e. The normalized spacial score (nSPS) is 11.8. The van der Waals surface area contributed by atoms with Crippen LogP contribution in [0.4, 0.5) is 0 Å². The molecule has 0 saturated carbocycles. The van der Waals surface area contributed by atoms with Gasteiger partial charge in [0, 0.05) is 25.8 Å². The maximum Gasteiger partial charge on any atom is 0.0774 e. The van der Waals surface area contributed by atoms with Gasteiger partial charge < -0.3 is 4.57 Å². The summed E-state index contributed by atoms with van der Waals surface area (Å²) in [4.78, 5) is 9.98. The van der Waals surface area contributed by atoms with Gasteiger partial charge in [-0.1, -0.05) is 117 Å². The van der Waals surface area contributed by atoms with Gasteiger partial charge in [0.15, 0.2) is 0 Å². The minimum atomic E-state index is -1.86. The van der Waals surface area contributed by atoms with Crippen LogP contribution in [0.15, 0.2) is 121 Å². The molecule has 3 aromatic heterocycles. The van der Waals surface area contributed by atoms with Gasteiger partial charge in [0.05, 0.1) is 16.9 Å². The van der Waals surface area contributed by atoms with Crippen LogP contribution in [0.1, 0.15) is 95.4 Å². The van der Waals surface area contributed by atoms with Gasteiger partial charge in [0.1, 0.15) is 0 Å². The smallest absolute Gasteiger partial charge is 0.0774 e. The van der Waals surface area contributed by atoms with Gasteiger partial charge in [-0.15, -0.1) is 11.5 Å². The summed E-state index contributed by atoms with van der Waals surface area (Å²) in [5.41, 5.74) is 14.7. The molecule has 0 aliphatic heterocycles. The van der Waals surface area contributed by atoms with Crippen LogP contribution in [0, 0.1) is 17.4 Å². The van der Waals surface area contributed by atoms with Crippen LogP contribution < -0.4 is 4.40 Å². The maximum absolute atomic E-state index is 5.28. The molecule has 0 N–H and O–H groups in total. The van der Waals surface area contributed by atoms with E-state index in [1.54, 1.807) is 15.7 Å². The van der Waals surface area contributed by atoms with Crippen molar-refractivity contribution in [2.75, 3.05) is 0 Å². The maximum atomic E-state index is 5.28. The van der Waals surface area contributed by atoms with Crippen LogP contribution in [0.2, 0.25) is 17.3 Å². The molecule has 60 heavy (non-hydrogen) atoms. The van der Waals surface area contributed by atoms with E-state index in [2.05, 4.69) is 192 Å². The zero-order valence-corrected chi connectivity index (χ0v) is 42.5. The minimum Gasteiger partial charge on any atom is -0.333 e. The number of benzene rings is 5. The molecule has 3 nitrogen and oxygen atoms in total. The van der Waals surface area contributed by atoms with Crippen molar-refractivity contribution in [1.29, 1.82) is 0 Å². The van der Waals surface area contributed by atoms with Gasteiger partial charge >= 0.3 is 126 Å². The van der Waals surface area contributed by atoms with Crippen LogP contribution in [-0.2, 0) is 26.5 Å². The van der Waals surface area contributed by atoms with Crippen molar-refractivity contribution in [2.24, 2.45) is 5.92 Å². The number of rotatable bonds is 10. The monoisotopic (exact) mass is 1050 g/mol. The molecular weight excluding hydrogens is 988 g/mol. The van der Waals surface area contributed by atoms with Gasteiger partial charge in [-0.3, -0.25) is 16.3 Å². The molecule has 0 amide bonds.